The fourth-order valence-corrected chi connectivity index (χ4v) is 2.19. The van der Waals surface area contributed by atoms with Crippen molar-refractivity contribution in [2.24, 2.45) is 5.92 Å². The Balaban J connectivity index is 2.08. The average molecular weight is 215 g/mol. The molecule has 1 unspecified atom stereocenters. The van der Waals surface area contributed by atoms with Crippen LogP contribution in [-0.4, -0.2) is 37.5 Å². The molecular formula is C12H25NO2. The first-order chi connectivity index (χ1) is 7.26. The molecule has 90 valence electrons. The van der Waals surface area contributed by atoms with Crippen molar-refractivity contribution in [3.63, 3.8) is 0 Å². The second-order valence-corrected chi connectivity index (χ2v) is 4.74. The molecule has 1 rings (SSSR count). The van der Waals surface area contributed by atoms with E-state index >= 15 is 0 Å². The topological polar surface area (TPSA) is 41.5 Å². The molecule has 0 spiro atoms. The Bertz CT molecular complexity index is 156. The van der Waals surface area contributed by atoms with Gasteiger partial charge in [0.1, 0.15) is 0 Å². The molecule has 3 heteroatoms. The molecule has 0 aliphatic heterocycles. The van der Waals surface area contributed by atoms with Gasteiger partial charge >= 0.3 is 0 Å². The highest BCUT2D eigenvalue weighted by molar-refractivity contribution is 4.77. The summed E-state index contributed by atoms with van der Waals surface area (Å²) in [5.74, 6) is 0.579. The lowest BCUT2D eigenvalue weighted by molar-refractivity contribution is 0.0620. The first-order valence-corrected chi connectivity index (χ1v) is 6.13. The zero-order valence-corrected chi connectivity index (χ0v) is 10.0. The van der Waals surface area contributed by atoms with Gasteiger partial charge in [0.05, 0.1) is 6.10 Å². The summed E-state index contributed by atoms with van der Waals surface area (Å²) in [6.45, 7) is 3.52. The van der Waals surface area contributed by atoms with Crippen molar-refractivity contribution in [2.45, 2.75) is 51.2 Å². The van der Waals surface area contributed by atoms with Gasteiger partial charge in [-0.25, -0.2) is 0 Å². The van der Waals surface area contributed by atoms with E-state index in [1.54, 1.807) is 0 Å². The summed E-state index contributed by atoms with van der Waals surface area (Å²) in [6, 6.07) is 0.664. The average Bonchev–Trinajstić information content (AvgIpc) is 2.27. The summed E-state index contributed by atoms with van der Waals surface area (Å²) in [5, 5.41) is 12.4. The zero-order chi connectivity index (χ0) is 11.1. The Morgan fingerprint density at radius 1 is 1.33 bits per heavy atom. The van der Waals surface area contributed by atoms with E-state index in [0.717, 1.165) is 13.0 Å². The molecule has 1 fully saturated rings. The van der Waals surface area contributed by atoms with Crippen LogP contribution in [0.1, 0.15) is 39.0 Å². The summed E-state index contributed by atoms with van der Waals surface area (Å²) >= 11 is 0. The van der Waals surface area contributed by atoms with E-state index in [0.29, 0.717) is 24.7 Å². The predicted octanol–water partition coefficient (Wildman–Crippen LogP) is 1.55. The van der Waals surface area contributed by atoms with E-state index in [2.05, 4.69) is 12.2 Å². The molecule has 0 radical (unpaired) electrons. The first kappa shape index (κ1) is 12.9. The molecule has 1 atom stereocenters. The van der Waals surface area contributed by atoms with Gasteiger partial charge in [0.15, 0.2) is 0 Å². The van der Waals surface area contributed by atoms with E-state index in [9.17, 15) is 0 Å². The van der Waals surface area contributed by atoms with E-state index in [1.165, 1.54) is 25.7 Å². The Labute approximate surface area is 93.2 Å². The van der Waals surface area contributed by atoms with Crippen molar-refractivity contribution in [1.29, 1.82) is 0 Å². The number of aliphatic hydroxyl groups excluding tert-OH is 1. The largest absolute Gasteiger partial charge is 0.396 e. The van der Waals surface area contributed by atoms with Crippen molar-refractivity contribution in [2.75, 3.05) is 20.3 Å². The fraction of sp³-hybridized carbons (Fsp3) is 1.00. The zero-order valence-electron chi connectivity index (χ0n) is 10.0. The van der Waals surface area contributed by atoms with Gasteiger partial charge in [-0.2, -0.15) is 0 Å². The quantitative estimate of drug-likeness (QED) is 0.706. The third-order valence-corrected chi connectivity index (χ3v) is 3.38. The number of rotatable bonds is 6. The summed E-state index contributed by atoms with van der Waals surface area (Å²) in [5.41, 5.74) is 0. The monoisotopic (exact) mass is 215 g/mol. The maximum atomic E-state index is 8.80. The van der Waals surface area contributed by atoms with Crippen LogP contribution < -0.4 is 5.32 Å². The smallest absolute Gasteiger partial charge is 0.0572 e. The molecule has 0 aromatic heterocycles. The lowest BCUT2D eigenvalue weighted by Crippen LogP contribution is -2.37. The molecule has 2 N–H and O–H groups in total. The van der Waals surface area contributed by atoms with Crippen molar-refractivity contribution >= 4 is 0 Å². The Hall–Kier alpha value is -0.120. The summed E-state index contributed by atoms with van der Waals surface area (Å²) in [6.07, 6.45) is 6.21. The number of hydrogen-bond acceptors (Lipinski definition) is 3. The van der Waals surface area contributed by atoms with E-state index < -0.39 is 0 Å². The molecule has 0 aromatic rings. The van der Waals surface area contributed by atoms with Crippen LogP contribution >= 0.6 is 0 Å². The van der Waals surface area contributed by atoms with Crippen molar-refractivity contribution in [3.05, 3.63) is 0 Å². The Morgan fingerprint density at radius 3 is 2.53 bits per heavy atom. The van der Waals surface area contributed by atoms with Crippen LogP contribution in [0.15, 0.2) is 0 Å². The van der Waals surface area contributed by atoms with E-state index in [-0.39, 0.29) is 0 Å². The van der Waals surface area contributed by atoms with Gasteiger partial charge in [-0.05, 0) is 44.6 Å². The lowest BCUT2D eigenvalue weighted by atomic mass is 9.92. The molecule has 1 aliphatic carbocycles. The molecule has 3 nitrogen and oxygen atoms in total. The first-order valence-electron chi connectivity index (χ1n) is 6.13. The van der Waals surface area contributed by atoms with Crippen LogP contribution in [0.3, 0.4) is 0 Å². The molecule has 0 bridgehead atoms. The molecular weight excluding hydrogens is 190 g/mol. The van der Waals surface area contributed by atoms with E-state index in [4.69, 9.17) is 9.84 Å². The van der Waals surface area contributed by atoms with Crippen LogP contribution in [-0.2, 0) is 4.74 Å². The van der Waals surface area contributed by atoms with Crippen molar-refractivity contribution in [1.82, 2.24) is 5.32 Å². The van der Waals surface area contributed by atoms with Crippen molar-refractivity contribution < 1.29 is 9.84 Å². The minimum absolute atomic E-state index is 0.305. The molecule has 0 amide bonds. The molecule has 1 aliphatic rings. The molecule has 0 saturated heterocycles. The SMILES string of the molecule is COC1CCC(NCC(C)CCO)CC1. The number of hydrogen-bond donors (Lipinski definition) is 2. The van der Waals surface area contributed by atoms with E-state index in [1.807, 2.05) is 7.11 Å². The second kappa shape index (κ2) is 7.20. The van der Waals surface area contributed by atoms with Crippen LogP contribution in [0.2, 0.25) is 0 Å². The highest BCUT2D eigenvalue weighted by atomic mass is 16.5. The van der Waals surface area contributed by atoms with Crippen LogP contribution in [0, 0.1) is 5.92 Å². The van der Waals surface area contributed by atoms with Gasteiger partial charge < -0.3 is 15.2 Å². The molecule has 0 heterocycles. The molecule has 0 aromatic carbocycles. The van der Waals surface area contributed by atoms with Gasteiger partial charge in [-0.15, -0.1) is 0 Å². The Kier molecular flexibility index (Phi) is 6.22. The van der Waals surface area contributed by atoms with Crippen molar-refractivity contribution in [3.8, 4) is 0 Å². The number of ether oxygens (including phenoxy) is 1. The van der Waals surface area contributed by atoms with Crippen LogP contribution in [0.25, 0.3) is 0 Å². The molecule has 15 heavy (non-hydrogen) atoms. The summed E-state index contributed by atoms with van der Waals surface area (Å²) < 4.78 is 5.34. The minimum Gasteiger partial charge on any atom is -0.396 e. The summed E-state index contributed by atoms with van der Waals surface area (Å²) in [7, 11) is 1.81. The minimum atomic E-state index is 0.305. The highest BCUT2D eigenvalue weighted by Gasteiger charge is 2.20. The van der Waals surface area contributed by atoms with Gasteiger partial charge in [-0.1, -0.05) is 6.92 Å². The predicted molar refractivity (Wildman–Crippen MR) is 61.9 cm³/mol. The van der Waals surface area contributed by atoms with Crippen LogP contribution in [0.4, 0.5) is 0 Å². The highest BCUT2D eigenvalue weighted by Crippen LogP contribution is 2.20. The third kappa shape index (κ3) is 4.96. The van der Waals surface area contributed by atoms with Gasteiger partial charge in [0, 0.05) is 19.8 Å². The number of nitrogens with one attached hydrogen (secondary N) is 1. The Morgan fingerprint density at radius 2 is 2.00 bits per heavy atom. The lowest BCUT2D eigenvalue weighted by Gasteiger charge is -2.29. The van der Waals surface area contributed by atoms with Gasteiger partial charge in [0.25, 0.3) is 0 Å². The van der Waals surface area contributed by atoms with Gasteiger partial charge in [-0.3, -0.25) is 0 Å². The maximum absolute atomic E-state index is 8.80. The van der Waals surface area contributed by atoms with Gasteiger partial charge in [0.2, 0.25) is 0 Å². The second-order valence-electron chi connectivity index (χ2n) is 4.74. The molecule has 1 saturated carbocycles. The number of aliphatic hydroxyl groups is 1. The standard InChI is InChI=1S/C12H25NO2/c1-10(7-8-14)9-13-11-3-5-12(15-2)6-4-11/h10-14H,3-9H2,1-2H3. The van der Waals surface area contributed by atoms with Crippen LogP contribution in [0.5, 0.6) is 0 Å². The fourth-order valence-electron chi connectivity index (χ4n) is 2.19. The maximum Gasteiger partial charge on any atom is 0.0572 e. The third-order valence-electron chi connectivity index (χ3n) is 3.38. The normalized spacial score (nSPS) is 29.0. The number of methoxy groups -OCH3 is 1. The summed E-state index contributed by atoms with van der Waals surface area (Å²) in [4.78, 5) is 0.